The van der Waals surface area contributed by atoms with Crippen LogP contribution in [0.5, 0.6) is 11.5 Å². The van der Waals surface area contributed by atoms with E-state index in [0.29, 0.717) is 19.1 Å². The first-order valence-corrected chi connectivity index (χ1v) is 7.17. The molecule has 3 N–H and O–H groups in total. The van der Waals surface area contributed by atoms with Gasteiger partial charge in [0.25, 0.3) is 0 Å². The van der Waals surface area contributed by atoms with Gasteiger partial charge in [0, 0.05) is 31.0 Å². The van der Waals surface area contributed by atoms with E-state index in [1.165, 1.54) is 0 Å². The van der Waals surface area contributed by atoms with Gasteiger partial charge in [-0.25, -0.2) is 4.98 Å². The second-order valence-electron chi connectivity index (χ2n) is 5.66. The van der Waals surface area contributed by atoms with E-state index >= 15 is 0 Å². The van der Waals surface area contributed by atoms with Gasteiger partial charge in [-0.1, -0.05) is 13.8 Å². The number of nitrogens with zero attached hydrogens (tertiary/aromatic N) is 1. The van der Waals surface area contributed by atoms with Gasteiger partial charge in [0.05, 0.1) is 24.2 Å². The van der Waals surface area contributed by atoms with Crippen molar-refractivity contribution in [1.82, 2.24) is 9.97 Å². The molecule has 1 aliphatic heterocycles. The highest BCUT2D eigenvalue weighted by Crippen LogP contribution is 2.33. The van der Waals surface area contributed by atoms with Gasteiger partial charge in [0.1, 0.15) is 5.82 Å². The number of hydrogen-bond donors (Lipinski definition) is 2. The van der Waals surface area contributed by atoms with E-state index in [0.717, 1.165) is 41.2 Å². The Balaban J connectivity index is 1.91. The molecule has 0 saturated heterocycles. The van der Waals surface area contributed by atoms with Crippen LogP contribution in [0, 0.1) is 5.92 Å². The lowest BCUT2D eigenvalue weighted by molar-refractivity contribution is 0.297. The van der Waals surface area contributed by atoms with Crippen molar-refractivity contribution in [1.29, 1.82) is 0 Å². The molecule has 20 heavy (non-hydrogen) atoms. The second kappa shape index (κ2) is 5.32. The highest BCUT2D eigenvalue weighted by atomic mass is 16.5. The fourth-order valence-corrected chi connectivity index (χ4v) is 2.28. The zero-order valence-corrected chi connectivity index (χ0v) is 12.0. The largest absolute Gasteiger partial charge is 0.489 e. The Morgan fingerprint density at radius 1 is 1.25 bits per heavy atom. The maximum atomic E-state index is 6.10. The predicted octanol–water partition coefficient (Wildman–Crippen LogP) is 2.25. The summed E-state index contributed by atoms with van der Waals surface area (Å²) in [5.41, 5.74) is 7.98. The van der Waals surface area contributed by atoms with Crippen LogP contribution < -0.4 is 15.2 Å². The molecule has 2 aromatic rings. The summed E-state index contributed by atoms with van der Waals surface area (Å²) in [6.45, 7) is 5.63. The monoisotopic (exact) mass is 275 g/mol. The first-order valence-electron chi connectivity index (χ1n) is 7.17. The number of hydrogen-bond acceptors (Lipinski definition) is 4. The third kappa shape index (κ3) is 2.58. The summed E-state index contributed by atoms with van der Waals surface area (Å²) in [7, 11) is 0. The van der Waals surface area contributed by atoms with Crippen LogP contribution in [0.15, 0.2) is 12.1 Å². The van der Waals surface area contributed by atoms with Crippen molar-refractivity contribution in [2.45, 2.75) is 32.7 Å². The summed E-state index contributed by atoms with van der Waals surface area (Å²) >= 11 is 0. The molecule has 1 aromatic carbocycles. The Morgan fingerprint density at radius 3 is 2.65 bits per heavy atom. The quantitative estimate of drug-likeness (QED) is 0.901. The van der Waals surface area contributed by atoms with Gasteiger partial charge in [-0.3, -0.25) is 0 Å². The maximum Gasteiger partial charge on any atom is 0.163 e. The molecule has 0 spiro atoms. The van der Waals surface area contributed by atoms with Crippen molar-refractivity contribution in [2.75, 3.05) is 13.2 Å². The Kier molecular flexibility index (Phi) is 3.53. The van der Waals surface area contributed by atoms with Gasteiger partial charge >= 0.3 is 0 Å². The first kappa shape index (κ1) is 13.2. The SMILES string of the molecule is CC(C)C(N)Cc1nc2cc3c(cc2[nH]1)OCCCO3. The fourth-order valence-electron chi connectivity index (χ4n) is 2.28. The molecule has 1 atom stereocenters. The minimum Gasteiger partial charge on any atom is -0.489 e. The number of nitrogens with one attached hydrogen (secondary N) is 1. The lowest BCUT2D eigenvalue weighted by Crippen LogP contribution is -2.29. The second-order valence-corrected chi connectivity index (χ2v) is 5.66. The maximum absolute atomic E-state index is 6.10. The van der Waals surface area contributed by atoms with Gasteiger partial charge in [-0.15, -0.1) is 0 Å². The van der Waals surface area contributed by atoms with E-state index in [-0.39, 0.29) is 6.04 Å². The molecule has 1 aliphatic rings. The van der Waals surface area contributed by atoms with Gasteiger partial charge < -0.3 is 20.2 Å². The number of imidazole rings is 1. The lowest BCUT2D eigenvalue weighted by Gasteiger charge is -2.13. The average Bonchev–Trinajstić information content (AvgIpc) is 2.64. The van der Waals surface area contributed by atoms with Gasteiger partial charge in [-0.2, -0.15) is 0 Å². The third-order valence-electron chi connectivity index (χ3n) is 3.69. The molecular formula is C15H21N3O2. The molecule has 0 amide bonds. The molecule has 5 nitrogen and oxygen atoms in total. The van der Waals surface area contributed by atoms with E-state index in [2.05, 4.69) is 23.8 Å². The van der Waals surface area contributed by atoms with Crippen LogP contribution in [0.3, 0.4) is 0 Å². The summed E-state index contributed by atoms with van der Waals surface area (Å²) < 4.78 is 11.4. The van der Waals surface area contributed by atoms with Crippen LogP contribution in [0.1, 0.15) is 26.1 Å². The third-order valence-corrected chi connectivity index (χ3v) is 3.69. The molecule has 1 aromatic heterocycles. The molecule has 0 radical (unpaired) electrons. The molecule has 108 valence electrons. The molecule has 0 saturated carbocycles. The van der Waals surface area contributed by atoms with Crippen LogP contribution in [0.4, 0.5) is 0 Å². The van der Waals surface area contributed by atoms with Crippen LogP contribution in [-0.4, -0.2) is 29.2 Å². The number of H-pyrrole nitrogens is 1. The fraction of sp³-hybridized carbons (Fsp3) is 0.533. The molecule has 2 heterocycles. The van der Waals surface area contributed by atoms with Crippen LogP contribution in [-0.2, 0) is 6.42 Å². The summed E-state index contributed by atoms with van der Waals surface area (Å²) in [5, 5.41) is 0. The average molecular weight is 275 g/mol. The van der Waals surface area contributed by atoms with Crippen LogP contribution >= 0.6 is 0 Å². The summed E-state index contributed by atoms with van der Waals surface area (Å²) in [4.78, 5) is 7.93. The van der Waals surface area contributed by atoms with Crippen LogP contribution in [0.2, 0.25) is 0 Å². The van der Waals surface area contributed by atoms with E-state index < -0.39 is 0 Å². The lowest BCUT2D eigenvalue weighted by atomic mass is 10.0. The first-order chi connectivity index (χ1) is 9.63. The molecule has 0 fully saturated rings. The van der Waals surface area contributed by atoms with E-state index in [1.54, 1.807) is 0 Å². The summed E-state index contributed by atoms with van der Waals surface area (Å²) in [6, 6.07) is 4.02. The summed E-state index contributed by atoms with van der Waals surface area (Å²) in [6.07, 6.45) is 1.66. The smallest absolute Gasteiger partial charge is 0.163 e. The molecule has 5 heteroatoms. The van der Waals surface area contributed by atoms with Crippen molar-refractivity contribution >= 4 is 11.0 Å². The van der Waals surface area contributed by atoms with Crippen molar-refractivity contribution in [2.24, 2.45) is 11.7 Å². The molecule has 0 bridgehead atoms. The van der Waals surface area contributed by atoms with Crippen molar-refractivity contribution in [3.05, 3.63) is 18.0 Å². The number of benzene rings is 1. The number of aromatic amines is 1. The minimum absolute atomic E-state index is 0.112. The van der Waals surface area contributed by atoms with Gasteiger partial charge in [0.2, 0.25) is 0 Å². The summed E-state index contributed by atoms with van der Waals surface area (Å²) in [5.74, 6) is 2.92. The number of nitrogens with two attached hydrogens (primary N) is 1. The number of rotatable bonds is 3. The zero-order chi connectivity index (χ0) is 14.1. The van der Waals surface area contributed by atoms with Gasteiger partial charge in [-0.05, 0) is 5.92 Å². The van der Waals surface area contributed by atoms with Crippen molar-refractivity contribution < 1.29 is 9.47 Å². The van der Waals surface area contributed by atoms with Crippen molar-refractivity contribution in [3.63, 3.8) is 0 Å². The minimum atomic E-state index is 0.112. The normalized spacial score (nSPS) is 16.4. The molecule has 1 unspecified atom stereocenters. The zero-order valence-electron chi connectivity index (χ0n) is 12.0. The number of fused-ring (bicyclic) bond motifs is 2. The van der Waals surface area contributed by atoms with E-state index in [1.807, 2.05) is 12.1 Å². The predicted molar refractivity (Wildman–Crippen MR) is 78.2 cm³/mol. The number of ether oxygens (including phenoxy) is 2. The Hall–Kier alpha value is -1.75. The van der Waals surface area contributed by atoms with Crippen molar-refractivity contribution in [3.8, 4) is 11.5 Å². The van der Waals surface area contributed by atoms with E-state index in [4.69, 9.17) is 15.2 Å². The molecular weight excluding hydrogens is 254 g/mol. The number of aromatic nitrogens is 2. The molecule has 3 rings (SSSR count). The Morgan fingerprint density at radius 2 is 1.95 bits per heavy atom. The Labute approximate surface area is 118 Å². The highest BCUT2D eigenvalue weighted by molar-refractivity contribution is 5.79. The standard InChI is InChI=1S/C15H21N3O2/c1-9(2)10(16)6-15-17-11-7-13-14(8-12(11)18-15)20-5-3-4-19-13/h7-10H,3-6,16H2,1-2H3,(H,17,18). The van der Waals surface area contributed by atoms with Gasteiger partial charge in [0.15, 0.2) is 11.5 Å². The molecule has 0 aliphatic carbocycles. The highest BCUT2D eigenvalue weighted by Gasteiger charge is 2.15. The van der Waals surface area contributed by atoms with Crippen LogP contribution in [0.25, 0.3) is 11.0 Å². The van der Waals surface area contributed by atoms with E-state index in [9.17, 15) is 0 Å². The topological polar surface area (TPSA) is 73.2 Å². The Bertz CT molecular complexity index is 563.